The number of ketones is 1. The van der Waals surface area contributed by atoms with Crippen LogP contribution in [0.15, 0.2) is 64.3 Å². The predicted molar refractivity (Wildman–Crippen MR) is 101 cm³/mol. The van der Waals surface area contributed by atoms with Crippen LogP contribution in [0.1, 0.15) is 22.8 Å². The third-order valence-corrected chi connectivity index (χ3v) is 5.77. The zero-order chi connectivity index (χ0) is 19.6. The lowest BCUT2D eigenvalue weighted by Gasteiger charge is -2.40. The maximum absolute atomic E-state index is 13.1. The van der Waals surface area contributed by atoms with Crippen LogP contribution in [-0.2, 0) is 15.3 Å². The summed E-state index contributed by atoms with van der Waals surface area (Å²) >= 11 is 3.36. The Morgan fingerprint density at radius 2 is 1.74 bits per heavy atom. The van der Waals surface area contributed by atoms with Gasteiger partial charge in [0.05, 0.1) is 7.11 Å². The first kappa shape index (κ1) is 17.9. The van der Waals surface area contributed by atoms with Crippen LogP contribution in [0.3, 0.4) is 0 Å². The number of carbonyl (C=O) groups is 2. The van der Waals surface area contributed by atoms with Gasteiger partial charge in [0.25, 0.3) is 0 Å². The lowest BCUT2D eigenvalue weighted by atomic mass is 9.85. The number of aliphatic hydroxyl groups is 2. The summed E-state index contributed by atoms with van der Waals surface area (Å²) in [4.78, 5) is 27.0. The molecule has 6 nitrogen and oxygen atoms in total. The van der Waals surface area contributed by atoms with Gasteiger partial charge < -0.3 is 19.8 Å². The summed E-state index contributed by atoms with van der Waals surface area (Å²) in [5, 5.41) is 23.3. The van der Waals surface area contributed by atoms with Gasteiger partial charge in [0.2, 0.25) is 17.1 Å². The maximum Gasteiger partial charge on any atom is 0.339 e. The number of esters is 1. The summed E-state index contributed by atoms with van der Waals surface area (Å²) in [5.41, 5.74) is -3.74. The first-order valence-corrected chi connectivity index (χ1v) is 9.02. The molecule has 27 heavy (non-hydrogen) atoms. The van der Waals surface area contributed by atoms with E-state index in [1.807, 2.05) is 0 Å². The molecule has 138 valence electrons. The minimum atomic E-state index is -2.47. The number of carbonyl (C=O) groups excluding carboxylic acids is 2. The molecule has 0 aromatic heterocycles. The maximum atomic E-state index is 13.1. The van der Waals surface area contributed by atoms with Crippen LogP contribution in [0.2, 0.25) is 0 Å². The zero-order valence-electron chi connectivity index (χ0n) is 14.6. The summed E-state index contributed by atoms with van der Waals surface area (Å²) in [6.07, 6.45) is 0. The lowest BCUT2D eigenvalue weighted by Crippen LogP contribution is -2.58. The second kappa shape index (κ2) is 5.76. The molecule has 2 N–H and O–H groups in total. The molecule has 1 aliphatic heterocycles. The van der Waals surface area contributed by atoms with Crippen molar-refractivity contribution in [3.63, 3.8) is 0 Å². The fraction of sp³-hybridized carbons (Fsp3) is 0.200. The molecule has 2 aliphatic rings. The van der Waals surface area contributed by atoms with Crippen molar-refractivity contribution in [2.45, 2.75) is 18.2 Å². The average molecular weight is 430 g/mol. The van der Waals surface area contributed by atoms with Gasteiger partial charge in [-0.25, -0.2) is 4.79 Å². The van der Waals surface area contributed by atoms with E-state index in [-0.39, 0.29) is 22.4 Å². The predicted octanol–water partition coefficient (Wildman–Crippen LogP) is 2.49. The Balaban J connectivity index is 2.07. The van der Waals surface area contributed by atoms with E-state index in [4.69, 9.17) is 4.74 Å². The fourth-order valence-electron chi connectivity index (χ4n) is 4.09. The minimum Gasteiger partial charge on any atom is -0.466 e. The summed E-state index contributed by atoms with van der Waals surface area (Å²) in [6, 6.07) is 13.4. The molecule has 0 bridgehead atoms. The van der Waals surface area contributed by atoms with Crippen molar-refractivity contribution in [3.05, 3.63) is 75.4 Å². The Morgan fingerprint density at radius 3 is 2.37 bits per heavy atom. The van der Waals surface area contributed by atoms with Crippen molar-refractivity contribution in [2.24, 2.45) is 0 Å². The Morgan fingerprint density at radius 1 is 1.11 bits per heavy atom. The number of rotatable bonds is 2. The third kappa shape index (κ3) is 2.02. The highest BCUT2D eigenvalue weighted by Crippen LogP contribution is 2.57. The van der Waals surface area contributed by atoms with Gasteiger partial charge in [0.15, 0.2) is 0 Å². The van der Waals surface area contributed by atoms with Crippen LogP contribution in [0.25, 0.3) is 0 Å². The van der Waals surface area contributed by atoms with Gasteiger partial charge in [0.1, 0.15) is 5.57 Å². The number of halogens is 1. The molecule has 0 radical (unpaired) electrons. The Labute approximate surface area is 163 Å². The van der Waals surface area contributed by atoms with E-state index in [0.29, 0.717) is 5.69 Å². The van der Waals surface area contributed by atoms with Gasteiger partial charge in [-0.2, -0.15) is 0 Å². The molecule has 2 aromatic carbocycles. The molecular formula is C20H16BrNO5. The van der Waals surface area contributed by atoms with Crippen LogP contribution in [0.5, 0.6) is 0 Å². The second-order valence-corrected chi connectivity index (χ2v) is 7.44. The molecule has 0 saturated heterocycles. The highest BCUT2D eigenvalue weighted by atomic mass is 79.9. The second-order valence-electron chi connectivity index (χ2n) is 6.52. The quantitative estimate of drug-likeness (QED) is 0.713. The number of ether oxygens (including phenoxy) is 1. The SMILES string of the molecule is COC(=O)C1=C(C)N(c2ccc(Br)cc2)[C@]2(O)c3ccccc3C(=O)[C@]12O. The van der Waals surface area contributed by atoms with Gasteiger partial charge in [-0.15, -0.1) is 0 Å². The standard InChI is InChI=1S/C20H16BrNO5/c1-11-16(18(24)27-2)19(25)17(23)14-5-3-4-6-15(14)20(19,26)22(11)13-9-7-12(21)8-10-13/h3-10,25-26H,1-2H3/t19-,20+/m1/s1. The zero-order valence-corrected chi connectivity index (χ0v) is 16.1. The van der Waals surface area contributed by atoms with E-state index in [1.54, 1.807) is 49.4 Å². The van der Waals surface area contributed by atoms with Crippen LogP contribution in [0.4, 0.5) is 5.69 Å². The Hall–Kier alpha value is -2.48. The van der Waals surface area contributed by atoms with Crippen molar-refractivity contribution in [1.29, 1.82) is 0 Å². The molecular weight excluding hydrogens is 414 g/mol. The van der Waals surface area contributed by atoms with Gasteiger partial charge >= 0.3 is 5.97 Å². The molecule has 2 aromatic rings. The van der Waals surface area contributed by atoms with Crippen molar-refractivity contribution >= 4 is 33.4 Å². The number of allylic oxidation sites excluding steroid dienone is 1. The first-order chi connectivity index (χ1) is 12.8. The van der Waals surface area contributed by atoms with Crippen molar-refractivity contribution in [2.75, 3.05) is 12.0 Å². The molecule has 4 rings (SSSR count). The van der Waals surface area contributed by atoms with Crippen LogP contribution in [-0.4, -0.2) is 34.7 Å². The largest absolute Gasteiger partial charge is 0.466 e. The van der Waals surface area contributed by atoms with E-state index >= 15 is 0 Å². The van der Waals surface area contributed by atoms with Crippen LogP contribution >= 0.6 is 15.9 Å². The highest BCUT2D eigenvalue weighted by Gasteiger charge is 2.73. The van der Waals surface area contributed by atoms with Crippen molar-refractivity contribution in [3.8, 4) is 0 Å². The molecule has 0 fully saturated rings. The summed E-state index contributed by atoms with van der Waals surface area (Å²) in [6.45, 7) is 1.57. The third-order valence-electron chi connectivity index (χ3n) is 5.24. The number of hydrogen-bond acceptors (Lipinski definition) is 6. The molecule has 0 amide bonds. The minimum absolute atomic E-state index is 0.165. The number of methoxy groups -OCH3 is 1. The van der Waals surface area contributed by atoms with Gasteiger partial charge in [0, 0.05) is 27.0 Å². The summed E-state index contributed by atoms with van der Waals surface area (Å²) < 4.78 is 5.64. The Kier molecular flexibility index (Phi) is 3.82. The van der Waals surface area contributed by atoms with Gasteiger partial charge in [-0.3, -0.25) is 4.79 Å². The highest BCUT2D eigenvalue weighted by molar-refractivity contribution is 9.10. The number of benzene rings is 2. The molecule has 0 saturated carbocycles. The topological polar surface area (TPSA) is 87.1 Å². The van der Waals surface area contributed by atoms with E-state index in [2.05, 4.69) is 15.9 Å². The molecule has 1 aliphatic carbocycles. The Bertz CT molecular complexity index is 1020. The van der Waals surface area contributed by atoms with Crippen LogP contribution in [0, 0.1) is 0 Å². The number of hydrogen-bond donors (Lipinski definition) is 2. The first-order valence-electron chi connectivity index (χ1n) is 8.23. The van der Waals surface area contributed by atoms with Crippen LogP contribution < -0.4 is 4.90 Å². The average Bonchev–Trinajstić information content (AvgIpc) is 2.95. The molecule has 7 heteroatoms. The lowest BCUT2D eigenvalue weighted by molar-refractivity contribution is -0.142. The van der Waals surface area contributed by atoms with E-state index in [1.165, 1.54) is 18.1 Å². The number of nitrogens with zero attached hydrogens (tertiary/aromatic N) is 1. The fourth-order valence-corrected chi connectivity index (χ4v) is 4.35. The summed E-state index contributed by atoms with van der Waals surface area (Å²) in [5.74, 6) is -1.60. The van der Waals surface area contributed by atoms with Gasteiger partial charge in [-0.1, -0.05) is 40.2 Å². The number of Topliss-reactive ketones (excluding diaryl/α,β-unsaturated/α-hetero) is 1. The smallest absolute Gasteiger partial charge is 0.339 e. The normalized spacial score (nSPS) is 26.3. The van der Waals surface area contributed by atoms with E-state index in [0.717, 1.165) is 4.47 Å². The van der Waals surface area contributed by atoms with Crippen molar-refractivity contribution < 1.29 is 24.5 Å². The molecule has 1 heterocycles. The molecule has 0 unspecified atom stereocenters. The number of fused-ring (bicyclic) bond motifs is 3. The number of anilines is 1. The molecule has 0 spiro atoms. The monoisotopic (exact) mass is 429 g/mol. The van der Waals surface area contributed by atoms with Gasteiger partial charge in [-0.05, 0) is 31.2 Å². The van der Waals surface area contributed by atoms with E-state index in [9.17, 15) is 19.8 Å². The van der Waals surface area contributed by atoms with Crippen molar-refractivity contribution in [1.82, 2.24) is 0 Å². The van der Waals surface area contributed by atoms with E-state index < -0.39 is 23.1 Å². The molecule has 2 atom stereocenters. The summed E-state index contributed by atoms with van der Waals surface area (Å²) in [7, 11) is 1.17.